The Labute approximate surface area is 208 Å². The minimum Gasteiger partial charge on any atom is -0.493 e. The third-order valence-corrected chi connectivity index (χ3v) is 6.67. The molecule has 0 bridgehead atoms. The predicted octanol–water partition coefficient (Wildman–Crippen LogP) is 4.96. The van der Waals surface area contributed by atoms with Crippen LogP contribution in [0.3, 0.4) is 0 Å². The standard InChI is InChI=1S/C27H25N3O4S/c1-3-34-23-12-11-18(13-24(23)33-2)20-14-25(31)30-27(21(20)15-28)35-16-26(32)29-22-10-6-8-17-7-4-5-9-19(17)22/h4-13,20H,3,14,16H2,1-2H3,(H,29,32)(H,30,31). The van der Waals surface area contributed by atoms with Gasteiger partial charge >= 0.3 is 0 Å². The summed E-state index contributed by atoms with van der Waals surface area (Å²) in [7, 11) is 1.55. The fraction of sp³-hybridized carbons (Fsp3) is 0.222. The van der Waals surface area contributed by atoms with Gasteiger partial charge in [0, 0.05) is 23.4 Å². The quantitative estimate of drug-likeness (QED) is 0.466. The van der Waals surface area contributed by atoms with E-state index in [0.29, 0.717) is 28.7 Å². The summed E-state index contributed by atoms with van der Waals surface area (Å²) in [5, 5.41) is 18.0. The van der Waals surface area contributed by atoms with Crippen LogP contribution in [0.2, 0.25) is 0 Å². The first-order valence-corrected chi connectivity index (χ1v) is 12.2. The average molecular weight is 488 g/mol. The highest BCUT2D eigenvalue weighted by atomic mass is 32.2. The minimum atomic E-state index is -0.443. The summed E-state index contributed by atoms with van der Waals surface area (Å²) in [5.41, 5.74) is 1.91. The molecule has 0 saturated carbocycles. The van der Waals surface area contributed by atoms with Gasteiger partial charge in [-0.2, -0.15) is 5.26 Å². The molecule has 35 heavy (non-hydrogen) atoms. The van der Waals surface area contributed by atoms with Crippen LogP contribution in [0.1, 0.15) is 24.8 Å². The molecule has 0 spiro atoms. The van der Waals surface area contributed by atoms with Crippen LogP contribution in [0.25, 0.3) is 10.8 Å². The molecule has 3 aromatic rings. The fourth-order valence-electron chi connectivity index (χ4n) is 4.05. The van der Waals surface area contributed by atoms with E-state index >= 15 is 0 Å². The van der Waals surface area contributed by atoms with Gasteiger partial charge in [-0.3, -0.25) is 9.59 Å². The van der Waals surface area contributed by atoms with E-state index in [1.807, 2.05) is 55.5 Å². The number of amides is 2. The van der Waals surface area contributed by atoms with E-state index in [4.69, 9.17) is 9.47 Å². The molecule has 1 aliphatic rings. The Balaban J connectivity index is 1.53. The minimum absolute atomic E-state index is 0.0450. The predicted molar refractivity (Wildman–Crippen MR) is 137 cm³/mol. The van der Waals surface area contributed by atoms with Gasteiger partial charge in [0.15, 0.2) is 11.5 Å². The number of allylic oxidation sites excluding steroid dienone is 1. The van der Waals surface area contributed by atoms with Crippen molar-refractivity contribution in [1.29, 1.82) is 5.26 Å². The monoisotopic (exact) mass is 487 g/mol. The third kappa shape index (κ3) is 5.42. The van der Waals surface area contributed by atoms with Gasteiger partial charge in [0.1, 0.15) is 0 Å². The van der Waals surface area contributed by atoms with Crippen molar-refractivity contribution in [1.82, 2.24) is 5.32 Å². The molecule has 0 saturated heterocycles. The van der Waals surface area contributed by atoms with Crippen molar-refractivity contribution in [2.24, 2.45) is 0 Å². The van der Waals surface area contributed by atoms with Crippen molar-refractivity contribution in [2.75, 3.05) is 24.8 Å². The highest BCUT2D eigenvalue weighted by Crippen LogP contribution is 2.39. The zero-order valence-corrected chi connectivity index (χ0v) is 20.3. The Morgan fingerprint density at radius 3 is 2.74 bits per heavy atom. The Morgan fingerprint density at radius 2 is 1.97 bits per heavy atom. The van der Waals surface area contributed by atoms with Crippen LogP contribution in [0.5, 0.6) is 11.5 Å². The van der Waals surface area contributed by atoms with Crippen molar-refractivity contribution in [3.05, 3.63) is 76.8 Å². The molecule has 8 heteroatoms. The molecule has 2 N–H and O–H groups in total. The molecule has 178 valence electrons. The molecule has 4 rings (SSSR count). The number of ether oxygens (including phenoxy) is 2. The molecule has 0 radical (unpaired) electrons. The Morgan fingerprint density at radius 1 is 1.17 bits per heavy atom. The lowest BCUT2D eigenvalue weighted by Gasteiger charge is -2.25. The number of benzene rings is 3. The number of carbonyl (C=O) groups is 2. The van der Waals surface area contributed by atoms with Gasteiger partial charge in [-0.25, -0.2) is 0 Å². The molecular formula is C27H25N3O4S. The smallest absolute Gasteiger partial charge is 0.234 e. The maximum atomic E-state index is 12.7. The van der Waals surface area contributed by atoms with Crippen LogP contribution < -0.4 is 20.1 Å². The second-order valence-electron chi connectivity index (χ2n) is 7.87. The number of nitrogens with zero attached hydrogens (tertiary/aromatic N) is 1. The van der Waals surface area contributed by atoms with Crippen molar-refractivity contribution < 1.29 is 19.1 Å². The molecule has 7 nitrogen and oxygen atoms in total. The number of fused-ring (bicyclic) bond motifs is 1. The van der Waals surface area contributed by atoms with E-state index in [-0.39, 0.29) is 24.0 Å². The van der Waals surface area contributed by atoms with Gasteiger partial charge < -0.3 is 20.1 Å². The molecule has 1 aliphatic heterocycles. The molecule has 1 atom stereocenters. The van der Waals surface area contributed by atoms with Crippen LogP contribution in [-0.2, 0) is 9.59 Å². The highest BCUT2D eigenvalue weighted by molar-refractivity contribution is 8.03. The number of carbonyl (C=O) groups excluding carboxylic acids is 2. The van der Waals surface area contributed by atoms with Gasteiger partial charge in [0.05, 0.1) is 36.1 Å². The summed E-state index contributed by atoms with van der Waals surface area (Å²) in [4.78, 5) is 25.2. The number of anilines is 1. The molecule has 0 fully saturated rings. The van der Waals surface area contributed by atoms with Gasteiger partial charge in [-0.05, 0) is 36.1 Å². The van der Waals surface area contributed by atoms with E-state index in [0.717, 1.165) is 33.8 Å². The number of hydrogen-bond acceptors (Lipinski definition) is 6. The van der Waals surface area contributed by atoms with Crippen LogP contribution in [0.4, 0.5) is 5.69 Å². The molecular weight excluding hydrogens is 462 g/mol. The lowest BCUT2D eigenvalue weighted by atomic mass is 9.87. The SMILES string of the molecule is CCOc1ccc(C2CC(=O)NC(SCC(=O)Nc3cccc4ccccc34)=C2C#N)cc1OC. The first kappa shape index (κ1) is 24.2. The first-order chi connectivity index (χ1) is 17.0. The van der Waals surface area contributed by atoms with Crippen molar-refractivity contribution in [2.45, 2.75) is 19.3 Å². The molecule has 0 aliphatic carbocycles. The van der Waals surface area contributed by atoms with Crippen LogP contribution >= 0.6 is 11.8 Å². The number of nitrogens with one attached hydrogen (secondary N) is 2. The Kier molecular flexibility index (Phi) is 7.58. The molecule has 3 aromatic carbocycles. The third-order valence-electron chi connectivity index (χ3n) is 5.66. The van der Waals surface area contributed by atoms with E-state index in [1.165, 1.54) is 0 Å². The van der Waals surface area contributed by atoms with Gasteiger partial charge in [-0.1, -0.05) is 54.2 Å². The van der Waals surface area contributed by atoms with Gasteiger partial charge in [0.2, 0.25) is 11.8 Å². The van der Waals surface area contributed by atoms with E-state index in [2.05, 4.69) is 16.7 Å². The summed E-state index contributed by atoms with van der Waals surface area (Å²) >= 11 is 1.14. The topological polar surface area (TPSA) is 100 Å². The highest BCUT2D eigenvalue weighted by Gasteiger charge is 2.30. The number of rotatable bonds is 8. The summed E-state index contributed by atoms with van der Waals surface area (Å²) in [6.07, 6.45) is 0.131. The second kappa shape index (κ2) is 11.0. The molecule has 1 heterocycles. The molecule has 2 amide bonds. The fourth-order valence-corrected chi connectivity index (χ4v) is 4.93. The summed E-state index contributed by atoms with van der Waals surface area (Å²) in [6, 6.07) is 21.2. The van der Waals surface area contributed by atoms with Gasteiger partial charge in [0.25, 0.3) is 0 Å². The van der Waals surface area contributed by atoms with Gasteiger partial charge in [-0.15, -0.1) is 0 Å². The summed E-state index contributed by atoms with van der Waals surface area (Å²) < 4.78 is 11.0. The van der Waals surface area contributed by atoms with Crippen LogP contribution in [0, 0.1) is 11.3 Å². The van der Waals surface area contributed by atoms with Crippen LogP contribution in [-0.4, -0.2) is 31.3 Å². The number of hydrogen-bond donors (Lipinski definition) is 2. The zero-order valence-electron chi connectivity index (χ0n) is 19.5. The maximum absolute atomic E-state index is 12.7. The summed E-state index contributed by atoms with van der Waals surface area (Å²) in [5.74, 6) is 0.303. The number of thioether (sulfide) groups is 1. The number of methoxy groups -OCH3 is 1. The lowest BCUT2D eigenvalue weighted by molar-refractivity contribution is -0.121. The largest absolute Gasteiger partial charge is 0.493 e. The molecule has 0 aromatic heterocycles. The normalized spacial score (nSPS) is 15.3. The average Bonchev–Trinajstić information content (AvgIpc) is 2.87. The second-order valence-corrected chi connectivity index (χ2v) is 8.85. The van der Waals surface area contributed by atoms with E-state index in [9.17, 15) is 14.9 Å². The van der Waals surface area contributed by atoms with Crippen molar-refractivity contribution in [3.63, 3.8) is 0 Å². The van der Waals surface area contributed by atoms with Crippen molar-refractivity contribution >= 4 is 40.0 Å². The summed E-state index contributed by atoms with van der Waals surface area (Å²) in [6.45, 7) is 2.38. The van der Waals surface area contributed by atoms with E-state index in [1.54, 1.807) is 19.2 Å². The Bertz CT molecular complexity index is 1340. The van der Waals surface area contributed by atoms with Crippen molar-refractivity contribution in [3.8, 4) is 17.6 Å². The zero-order chi connectivity index (χ0) is 24.8. The Hall–Kier alpha value is -3.96. The van der Waals surface area contributed by atoms with Crippen LogP contribution in [0.15, 0.2) is 71.3 Å². The maximum Gasteiger partial charge on any atom is 0.234 e. The first-order valence-electron chi connectivity index (χ1n) is 11.2. The van der Waals surface area contributed by atoms with E-state index < -0.39 is 5.92 Å². The number of nitriles is 1. The lowest BCUT2D eigenvalue weighted by Crippen LogP contribution is -2.31. The molecule has 1 unspecified atom stereocenters.